The minimum Gasteiger partial charge on any atom is -0.354 e. The van der Waals surface area contributed by atoms with Gasteiger partial charge in [-0.15, -0.1) is 11.8 Å². The van der Waals surface area contributed by atoms with E-state index in [-0.39, 0.29) is 18.4 Å². The summed E-state index contributed by atoms with van der Waals surface area (Å²) in [5, 5.41) is 3.99. The van der Waals surface area contributed by atoms with E-state index in [4.69, 9.17) is 23.2 Å². The molecular weight excluding hydrogens is 511 g/mol. The van der Waals surface area contributed by atoms with Crippen LogP contribution in [-0.4, -0.2) is 35.1 Å². The van der Waals surface area contributed by atoms with Crippen LogP contribution in [0.15, 0.2) is 77.7 Å². The third kappa shape index (κ3) is 8.58. The summed E-state index contributed by atoms with van der Waals surface area (Å²) in [6.45, 7) is 4.83. The van der Waals surface area contributed by atoms with Gasteiger partial charge >= 0.3 is 0 Å². The molecule has 36 heavy (non-hydrogen) atoms. The predicted octanol–water partition coefficient (Wildman–Crippen LogP) is 6.95. The zero-order valence-electron chi connectivity index (χ0n) is 20.7. The predicted molar refractivity (Wildman–Crippen MR) is 151 cm³/mol. The lowest BCUT2D eigenvalue weighted by molar-refractivity contribution is -0.141. The van der Waals surface area contributed by atoms with Crippen molar-refractivity contribution in [2.45, 2.75) is 50.6 Å². The van der Waals surface area contributed by atoms with Crippen molar-refractivity contribution >= 4 is 46.8 Å². The summed E-state index contributed by atoms with van der Waals surface area (Å²) < 4.78 is 0. The molecule has 0 saturated heterocycles. The second kappa shape index (κ2) is 14.3. The van der Waals surface area contributed by atoms with Gasteiger partial charge in [-0.2, -0.15) is 0 Å². The molecule has 0 aliphatic carbocycles. The van der Waals surface area contributed by atoms with Crippen molar-refractivity contribution in [2.24, 2.45) is 0 Å². The van der Waals surface area contributed by atoms with Crippen LogP contribution >= 0.6 is 35.0 Å². The fourth-order valence-corrected chi connectivity index (χ4v) is 5.10. The Morgan fingerprint density at radius 1 is 1.00 bits per heavy atom. The number of nitrogens with zero attached hydrogens (tertiary/aromatic N) is 1. The van der Waals surface area contributed by atoms with E-state index < -0.39 is 6.04 Å². The number of carbonyl (C=O) groups is 2. The first kappa shape index (κ1) is 28.1. The largest absolute Gasteiger partial charge is 0.354 e. The number of thioether (sulfide) groups is 1. The summed E-state index contributed by atoms with van der Waals surface area (Å²) >= 11 is 14.2. The molecule has 0 aromatic heterocycles. The van der Waals surface area contributed by atoms with E-state index in [2.05, 4.69) is 29.6 Å². The van der Waals surface area contributed by atoms with Gasteiger partial charge in [0.05, 0.1) is 0 Å². The van der Waals surface area contributed by atoms with Crippen LogP contribution in [-0.2, 0) is 22.6 Å². The van der Waals surface area contributed by atoms with Gasteiger partial charge < -0.3 is 10.2 Å². The molecule has 7 heteroatoms. The number of benzene rings is 3. The Balaban J connectivity index is 1.85. The molecule has 190 valence electrons. The minimum absolute atomic E-state index is 0.0896. The Morgan fingerprint density at radius 3 is 2.39 bits per heavy atom. The van der Waals surface area contributed by atoms with Crippen molar-refractivity contribution < 1.29 is 9.59 Å². The Kier molecular flexibility index (Phi) is 11.2. The molecule has 0 saturated carbocycles. The van der Waals surface area contributed by atoms with Gasteiger partial charge in [0.15, 0.2) is 0 Å². The quantitative estimate of drug-likeness (QED) is 0.252. The lowest BCUT2D eigenvalue weighted by Crippen LogP contribution is -2.50. The van der Waals surface area contributed by atoms with E-state index in [0.717, 1.165) is 22.4 Å². The van der Waals surface area contributed by atoms with Crippen molar-refractivity contribution in [2.75, 3.05) is 12.3 Å². The van der Waals surface area contributed by atoms with Gasteiger partial charge in [0.1, 0.15) is 6.04 Å². The van der Waals surface area contributed by atoms with E-state index in [1.807, 2.05) is 50.2 Å². The van der Waals surface area contributed by atoms with Gasteiger partial charge in [0, 0.05) is 46.6 Å². The van der Waals surface area contributed by atoms with Gasteiger partial charge in [-0.25, -0.2) is 0 Å². The molecule has 0 radical (unpaired) electrons. The fourth-order valence-electron chi connectivity index (χ4n) is 3.79. The van der Waals surface area contributed by atoms with Crippen LogP contribution in [0, 0.1) is 6.92 Å². The second-order valence-corrected chi connectivity index (χ2v) is 10.7. The standard InChI is InChI=1S/C29H32Cl2N2O2S/c1-3-16-32-29(35)27(18-22-7-5-4-6-8-22)33(20-23-11-12-24(30)19-26(23)31)28(34)15-17-36-25-13-9-21(2)10-14-25/h4-14,19,27H,3,15-18,20H2,1-2H3,(H,32,35)/t27-/m0/s1. The summed E-state index contributed by atoms with van der Waals surface area (Å²) in [5.74, 6) is 0.361. The highest BCUT2D eigenvalue weighted by molar-refractivity contribution is 7.99. The third-order valence-electron chi connectivity index (χ3n) is 5.78. The van der Waals surface area contributed by atoms with Crippen molar-refractivity contribution in [3.63, 3.8) is 0 Å². The molecule has 0 heterocycles. The number of halogens is 2. The number of rotatable bonds is 12. The third-order valence-corrected chi connectivity index (χ3v) is 7.38. The normalized spacial score (nSPS) is 11.7. The number of amides is 2. The number of aryl methyl sites for hydroxylation is 1. The second-order valence-electron chi connectivity index (χ2n) is 8.67. The molecule has 0 unspecified atom stereocenters. The van der Waals surface area contributed by atoms with Crippen LogP contribution in [0.4, 0.5) is 0 Å². The number of nitrogens with one attached hydrogen (secondary N) is 1. The zero-order valence-corrected chi connectivity index (χ0v) is 23.0. The molecule has 0 aliphatic rings. The summed E-state index contributed by atoms with van der Waals surface area (Å²) in [5.41, 5.74) is 2.94. The maximum atomic E-state index is 13.6. The van der Waals surface area contributed by atoms with E-state index in [1.165, 1.54) is 5.56 Å². The molecule has 0 aliphatic heterocycles. The summed E-state index contributed by atoms with van der Waals surface area (Å²) in [6, 6.07) is 22.6. The summed E-state index contributed by atoms with van der Waals surface area (Å²) in [7, 11) is 0. The van der Waals surface area contributed by atoms with Gasteiger partial charge in [-0.05, 0) is 48.7 Å². The molecule has 4 nitrogen and oxygen atoms in total. The molecule has 1 atom stereocenters. The first-order valence-corrected chi connectivity index (χ1v) is 13.9. The van der Waals surface area contributed by atoms with E-state index in [0.29, 0.717) is 35.2 Å². The van der Waals surface area contributed by atoms with Crippen LogP contribution in [0.5, 0.6) is 0 Å². The number of hydrogen-bond donors (Lipinski definition) is 1. The smallest absolute Gasteiger partial charge is 0.243 e. The molecule has 3 aromatic carbocycles. The topological polar surface area (TPSA) is 49.4 Å². The molecular formula is C29H32Cl2N2O2S. The summed E-state index contributed by atoms with van der Waals surface area (Å²) in [6.07, 6.45) is 1.53. The molecule has 2 amide bonds. The lowest BCUT2D eigenvalue weighted by Gasteiger charge is -2.32. The van der Waals surface area contributed by atoms with Gasteiger partial charge in [-0.1, -0.05) is 84.2 Å². The highest BCUT2D eigenvalue weighted by Crippen LogP contribution is 2.25. The molecule has 0 spiro atoms. The molecule has 0 fully saturated rings. The van der Waals surface area contributed by atoms with E-state index in [1.54, 1.807) is 28.8 Å². The lowest BCUT2D eigenvalue weighted by atomic mass is 10.0. The van der Waals surface area contributed by atoms with Crippen LogP contribution < -0.4 is 5.32 Å². The van der Waals surface area contributed by atoms with Gasteiger partial charge in [0.25, 0.3) is 0 Å². The fraction of sp³-hybridized carbons (Fsp3) is 0.310. The Labute approximate surface area is 228 Å². The number of hydrogen-bond acceptors (Lipinski definition) is 3. The maximum absolute atomic E-state index is 13.6. The highest BCUT2D eigenvalue weighted by Gasteiger charge is 2.30. The van der Waals surface area contributed by atoms with Crippen molar-refractivity contribution in [1.82, 2.24) is 10.2 Å². The van der Waals surface area contributed by atoms with Crippen LogP contribution in [0.3, 0.4) is 0 Å². The first-order valence-electron chi connectivity index (χ1n) is 12.1. The highest BCUT2D eigenvalue weighted by atomic mass is 35.5. The average Bonchev–Trinajstić information content (AvgIpc) is 2.87. The minimum atomic E-state index is -0.664. The van der Waals surface area contributed by atoms with Crippen molar-refractivity contribution in [3.05, 3.63) is 99.5 Å². The molecule has 3 rings (SSSR count). The van der Waals surface area contributed by atoms with Crippen LogP contribution in [0.1, 0.15) is 36.5 Å². The van der Waals surface area contributed by atoms with E-state index in [9.17, 15) is 9.59 Å². The average molecular weight is 544 g/mol. The van der Waals surface area contributed by atoms with Gasteiger partial charge in [-0.3, -0.25) is 9.59 Å². The van der Waals surface area contributed by atoms with Crippen molar-refractivity contribution in [3.8, 4) is 0 Å². The molecule has 1 N–H and O–H groups in total. The Hall–Kier alpha value is -2.47. The van der Waals surface area contributed by atoms with E-state index >= 15 is 0 Å². The van der Waals surface area contributed by atoms with Gasteiger partial charge in [0.2, 0.25) is 11.8 Å². The monoisotopic (exact) mass is 542 g/mol. The molecule has 3 aromatic rings. The maximum Gasteiger partial charge on any atom is 0.243 e. The number of carbonyl (C=O) groups excluding carboxylic acids is 2. The Morgan fingerprint density at radius 2 is 1.72 bits per heavy atom. The molecule has 0 bridgehead atoms. The van der Waals surface area contributed by atoms with Crippen LogP contribution in [0.25, 0.3) is 0 Å². The van der Waals surface area contributed by atoms with Crippen LogP contribution in [0.2, 0.25) is 10.0 Å². The zero-order chi connectivity index (χ0) is 25.9. The van der Waals surface area contributed by atoms with Crippen molar-refractivity contribution in [1.29, 1.82) is 0 Å². The first-order chi connectivity index (χ1) is 17.4. The Bertz CT molecular complexity index is 1140. The SMILES string of the molecule is CCCNC(=O)[C@H](Cc1ccccc1)N(Cc1ccc(Cl)cc1Cl)C(=O)CCSc1ccc(C)cc1. The summed E-state index contributed by atoms with van der Waals surface area (Å²) in [4.78, 5) is 29.8.